The molecule has 230 valence electrons. The normalized spacial score (nSPS) is 26.0. The van der Waals surface area contributed by atoms with Crippen LogP contribution in [0.25, 0.3) is 0 Å². The molecule has 2 aromatic rings. The maximum atomic E-state index is 11.1. The van der Waals surface area contributed by atoms with E-state index in [1.807, 2.05) is 30.5 Å². The lowest BCUT2D eigenvalue weighted by atomic mass is 9.79. The van der Waals surface area contributed by atoms with Crippen LogP contribution in [0.4, 0.5) is 0 Å². The lowest BCUT2D eigenvalue weighted by Gasteiger charge is -2.29. The van der Waals surface area contributed by atoms with Gasteiger partial charge in [-0.2, -0.15) is 0 Å². The van der Waals surface area contributed by atoms with Crippen molar-refractivity contribution in [2.24, 2.45) is 28.9 Å². The number of aliphatic hydroxyl groups is 2. The van der Waals surface area contributed by atoms with Crippen LogP contribution in [-0.2, 0) is 12.8 Å². The average molecular weight is 578 g/mol. The van der Waals surface area contributed by atoms with Crippen LogP contribution in [0.3, 0.4) is 0 Å². The van der Waals surface area contributed by atoms with Crippen LogP contribution < -0.4 is 15.8 Å². The number of rotatable bonds is 14. The van der Waals surface area contributed by atoms with Gasteiger partial charge in [0.2, 0.25) is 0 Å². The van der Waals surface area contributed by atoms with Crippen molar-refractivity contribution in [2.45, 2.75) is 96.2 Å². The van der Waals surface area contributed by atoms with E-state index in [0.717, 1.165) is 30.5 Å². The topological polar surface area (TPSA) is 124 Å². The molecule has 7 N–H and O–H groups in total. The second-order valence-corrected chi connectivity index (χ2v) is 13.1. The second-order valence-electron chi connectivity index (χ2n) is 13.1. The van der Waals surface area contributed by atoms with E-state index >= 15 is 0 Å². The van der Waals surface area contributed by atoms with Crippen LogP contribution in [-0.4, -0.2) is 45.7 Å². The average Bonchev–Trinajstić information content (AvgIpc) is 3.60. The van der Waals surface area contributed by atoms with Gasteiger partial charge in [-0.3, -0.25) is 0 Å². The first-order valence-corrected chi connectivity index (χ1v) is 16.2. The van der Waals surface area contributed by atoms with Crippen molar-refractivity contribution in [2.75, 3.05) is 13.2 Å². The number of ether oxygens (including phenoxy) is 1. The smallest absolute Gasteiger partial charge is 0.161 e. The van der Waals surface area contributed by atoms with Gasteiger partial charge in [0.05, 0.1) is 24.6 Å². The van der Waals surface area contributed by atoms with Gasteiger partial charge in [0.15, 0.2) is 11.5 Å². The van der Waals surface area contributed by atoms with E-state index in [1.165, 1.54) is 44.1 Å². The molecule has 2 aliphatic carbocycles. The molecule has 42 heavy (non-hydrogen) atoms. The highest BCUT2D eigenvalue weighted by atomic mass is 16.5. The third kappa shape index (κ3) is 7.73. The molecule has 1 aromatic carbocycles. The zero-order valence-corrected chi connectivity index (χ0v) is 25.2. The summed E-state index contributed by atoms with van der Waals surface area (Å²) >= 11 is 0. The molecule has 6 unspecified atom stereocenters. The lowest BCUT2D eigenvalue weighted by molar-refractivity contribution is 0.0183. The Morgan fingerprint density at radius 2 is 2.02 bits per heavy atom. The fourth-order valence-corrected chi connectivity index (χ4v) is 7.85. The van der Waals surface area contributed by atoms with Crippen LogP contribution >= 0.6 is 0 Å². The number of phenolic OH excluding ortho intramolecular Hbond substituents is 1. The number of hydrogen-bond acceptors (Lipinski definition) is 6. The van der Waals surface area contributed by atoms with Gasteiger partial charge in [-0.1, -0.05) is 31.9 Å². The first-order chi connectivity index (χ1) is 20.3. The van der Waals surface area contributed by atoms with Crippen molar-refractivity contribution >= 4 is 0 Å². The van der Waals surface area contributed by atoms with Crippen molar-refractivity contribution in [3.8, 4) is 11.5 Å². The monoisotopic (exact) mass is 577 g/mol. The molecule has 3 aliphatic rings. The number of allylic oxidation sites excluding steroid dienone is 2. The number of aromatic hydroxyl groups is 1. The third-order valence-electron chi connectivity index (χ3n) is 10.4. The van der Waals surface area contributed by atoms with E-state index in [-0.39, 0.29) is 11.7 Å². The Hall–Kier alpha value is -2.90. The Kier molecular flexibility index (Phi) is 10.2. The summed E-state index contributed by atoms with van der Waals surface area (Å²) in [6.45, 7) is 3.50. The number of H-pyrrole nitrogens is 1. The molecule has 7 nitrogen and oxygen atoms in total. The standard InChI is InChI=1S/C35H51N3O4/c1-2-35-14-3-6-30(27(23-35)11-15-35)32(41)22-29(39)9-7-24-8-10-31(40)33(19-24)42-18-13-26(20-28-5-4-16-37-28)25-12-17-38-34(36)21-25/h4-5,8,10,12,16,19,21,26-27,29-30,32,37-41H,2-3,6-7,9,11,13-15,17-18,20,22-23,36H2,1H3. The summed E-state index contributed by atoms with van der Waals surface area (Å²) in [6, 6.07) is 9.54. The highest BCUT2D eigenvalue weighted by Gasteiger charge is 2.44. The van der Waals surface area contributed by atoms with Crippen molar-refractivity contribution in [1.29, 1.82) is 0 Å². The predicted molar refractivity (Wildman–Crippen MR) is 167 cm³/mol. The lowest BCUT2D eigenvalue weighted by Crippen LogP contribution is -2.30. The number of benzene rings is 1. The van der Waals surface area contributed by atoms with E-state index in [2.05, 4.69) is 29.4 Å². The SMILES string of the molecule is CCC12CCCC(C(O)CC(O)CCc3ccc(O)c(OCCC(Cc4ccc[nH]4)C4=CCNC(N)=C4)c3)C(CC1)C2. The van der Waals surface area contributed by atoms with Gasteiger partial charge >= 0.3 is 0 Å². The zero-order valence-electron chi connectivity index (χ0n) is 25.2. The molecule has 0 saturated heterocycles. The summed E-state index contributed by atoms with van der Waals surface area (Å²) < 4.78 is 6.10. The van der Waals surface area contributed by atoms with Crippen molar-refractivity contribution in [3.05, 3.63) is 71.3 Å². The van der Waals surface area contributed by atoms with Crippen molar-refractivity contribution in [3.63, 3.8) is 0 Å². The first-order valence-electron chi connectivity index (χ1n) is 16.2. The van der Waals surface area contributed by atoms with Gasteiger partial charge in [-0.05, 0) is 129 Å². The molecule has 0 radical (unpaired) electrons. The molecular weight excluding hydrogens is 526 g/mol. The number of fused-ring (bicyclic) bond motifs is 2. The van der Waals surface area contributed by atoms with Crippen LogP contribution in [0, 0.1) is 23.2 Å². The number of aromatic nitrogens is 1. The van der Waals surface area contributed by atoms with Crippen LogP contribution in [0.5, 0.6) is 11.5 Å². The van der Waals surface area contributed by atoms with E-state index in [0.29, 0.717) is 61.2 Å². The minimum Gasteiger partial charge on any atom is -0.504 e. The quantitative estimate of drug-likeness (QED) is 0.171. The Morgan fingerprint density at radius 1 is 1.14 bits per heavy atom. The minimum absolute atomic E-state index is 0.119. The van der Waals surface area contributed by atoms with Gasteiger partial charge in [0.1, 0.15) is 0 Å². The van der Waals surface area contributed by atoms with Crippen molar-refractivity contribution in [1.82, 2.24) is 10.3 Å². The van der Waals surface area contributed by atoms with E-state index in [9.17, 15) is 15.3 Å². The Bertz CT molecular complexity index is 1210. The maximum absolute atomic E-state index is 11.1. The Morgan fingerprint density at radius 3 is 2.81 bits per heavy atom. The molecule has 5 rings (SSSR count). The highest BCUT2D eigenvalue weighted by Crippen LogP contribution is 2.54. The summed E-state index contributed by atoms with van der Waals surface area (Å²) in [7, 11) is 0. The van der Waals surface area contributed by atoms with Gasteiger partial charge < -0.3 is 36.1 Å². The van der Waals surface area contributed by atoms with E-state index < -0.39 is 12.2 Å². The molecule has 6 atom stereocenters. The second kappa shape index (κ2) is 14.0. The molecule has 2 bridgehead atoms. The van der Waals surface area contributed by atoms with Gasteiger partial charge in [0.25, 0.3) is 0 Å². The molecule has 0 amide bonds. The van der Waals surface area contributed by atoms with E-state index in [4.69, 9.17) is 10.5 Å². The molecular formula is C35H51N3O4. The summed E-state index contributed by atoms with van der Waals surface area (Å²) in [5, 5.41) is 35.6. The molecule has 1 aromatic heterocycles. The fourth-order valence-electron chi connectivity index (χ4n) is 7.85. The number of nitrogens with one attached hydrogen (secondary N) is 2. The number of phenols is 1. The third-order valence-corrected chi connectivity index (χ3v) is 10.4. The minimum atomic E-state index is -0.550. The summed E-state index contributed by atoms with van der Waals surface area (Å²) in [5.74, 6) is 2.41. The molecule has 7 heteroatoms. The molecule has 1 aliphatic heterocycles. The fraction of sp³-hybridized carbons (Fsp3) is 0.600. The number of aliphatic hydroxyl groups excluding tert-OH is 2. The van der Waals surface area contributed by atoms with Crippen LogP contribution in [0.15, 0.2) is 60.1 Å². The molecule has 2 saturated carbocycles. The molecule has 2 fully saturated rings. The number of aryl methyl sites for hydroxylation is 1. The summed E-state index contributed by atoms with van der Waals surface area (Å²) in [4.78, 5) is 3.30. The zero-order chi connectivity index (χ0) is 29.5. The Balaban J connectivity index is 1.12. The summed E-state index contributed by atoms with van der Waals surface area (Å²) in [5.41, 5.74) is 9.92. The maximum Gasteiger partial charge on any atom is 0.161 e. The predicted octanol–water partition coefficient (Wildman–Crippen LogP) is 5.72. The van der Waals surface area contributed by atoms with Crippen LogP contribution in [0.1, 0.15) is 82.4 Å². The number of hydrogen-bond donors (Lipinski definition) is 6. The number of dihydropyridines is 1. The largest absolute Gasteiger partial charge is 0.504 e. The highest BCUT2D eigenvalue weighted by molar-refractivity contribution is 5.42. The Labute approximate surface area is 251 Å². The van der Waals surface area contributed by atoms with Gasteiger partial charge in [-0.25, -0.2) is 0 Å². The van der Waals surface area contributed by atoms with Crippen molar-refractivity contribution < 1.29 is 20.1 Å². The number of nitrogens with two attached hydrogens (primary N) is 1. The van der Waals surface area contributed by atoms with E-state index in [1.54, 1.807) is 6.07 Å². The van der Waals surface area contributed by atoms with Gasteiger partial charge in [0, 0.05) is 18.4 Å². The molecule has 0 spiro atoms. The molecule has 2 heterocycles. The van der Waals surface area contributed by atoms with Gasteiger partial charge in [-0.15, -0.1) is 0 Å². The van der Waals surface area contributed by atoms with Crippen LogP contribution in [0.2, 0.25) is 0 Å². The summed E-state index contributed by atoms with van der Waals surface area (Å²) in [6.07, 6.45) is 17.1. The first kappa shape index (κ1) is 30.6. The number of aromatic amines is 1.